The van der Waals surface area contributed by atoms with Crippen molar-refractivity contribution in [1.82, 2.24) is 10.2 Å². The number of likely N-dealkylation sites (tertiary alicyclic amines) is 1. The molecule has 5 heteroatoms. The number of hydrogen-bond donors (Lipinski definition) is 2. The lowest BCUT2D eigenvalue weighted by Gasteiger charge is -2.23. The number of carboxylic acid groups (broad SMARTS) is 1. The second-order valence-corrected chi connectivity index (χ2v) is 5.95. The average molecular weight is 268 g/mol. The number of carboxylic acids is 1. The first-order chi connectivity index (χ1) is 9.08. The fourth-order valence-corrected chi connectivity index (χ4v) is 3.15. The Balaban J connectivity index is 1.76. The number of nitrogens with zero attached hydrogens (tertiary/aromatic N) is 1. The van der Waals surface area contributed by atoms with Crippen LogP contribution in [0.15, 0.2) is 0 Å². The molecular formula is C14H24N2O3. The topological polar surface area (TPSA) is 69.6 Å². The van der Waals surface area contributed by atoms with Crippen LogP contribution in [0.3, 0.4) is 0 Å². The number of piperidine rings is 1. The van der Waals surface area contributed by atoms with Gasteiger partial charge in [0.05, 0.1) is 5.92 Å². The molecule has 2 aliphatic heterocycles. The van der Waals surface area contributed by atoms with E-state index in [2.05, 4.69) is 5.32 Å². The van der Waals surface area contributed by atoms with Crippen molar-refractivity contribution in [1.29, 1.82) is 0 Å². The summed E-state index contributed by atoms with van der Waals surface area (Å²) in [7, 11) is 0. The maximum absolute atomic E-state index is 12.1. The molecule has 5 nitrogen and oxygen atoms in total. The molecule has 2 aliphatic rings. The highest BCUT2D eigenvalue weighted by Crippen LogP contribution is 2.25. The van der Waals surface area contributed by atoms with E-state index < -0.39 is 5.97 Å². The molecule has 2 fully saturated rings. The number of nitrogens with one attached hydrogen (secondary N) is 1. The molecule has 2 heterocycles. The Hall–Kier alpha value is -1.10. The van der Waals surface area contributed by atoms with Gasteiger partial charge >= 0.3 is 5.97 Å². The lowest BCUT2D eigenvalue weighted by atomic mass is 9.93. The largest absolute Gasteiger partial charge is 0.481 e. The van der Waals surface area contributed by atoms with Gasteiger partial charge in [-0.15, -0.1) is 0 Å². The van der Waals surface area contributed by atoms with Crippen LogP contribution in [0.1, 0.15) is 32.6 Å². The van der Waals surface area contributed by atoms with E-state index in [0.29, 0.717) is 25.4 Å². The van der Waals surface area contributed by atoms with Crippen molar-refractivity contribution in [3.05, 3.63) is 0 Å². The van der Waals surface area contributed by atoms with Gasteiger partial charge in [-0.1, -0.05) is 6.92 Å². The zero-order valence-electron chi connectivity index (χ0n) is 11.6. The van der Waals surface area contributed by atoms with E-state index in [9.17, 15) is 9.59 Å². The third-order valence-corrected chi connectivity index (χ3v) is 4.51. The van der Waals surface area contributed by atoms with Crippen molar-refractivity contribution in [2.75, 3.05) is 26.2 Å². The SMILES string of the molecule is C[C@@H]1CN(C(=O)CCC2CCNCC2)C[C@H]1C(=O)O. The van der Waals surface area contributed by atoms with Gasteiger partial charge < -0.3 is 15.3 Å². The van der Waals surface area contributed by atoms with Crippen molar-refractivity contribution < 1.29 is 14.7 Å². The summed E-state index contributed by atoms with van der Waals surface area (Å²) in [4.78, 5) is 24.9. The lowest BCUT2D eigenvalue weighted by Crippen LogP contribution is -2.31. The van der Waals surface area contributed by atoms with Gasteiger partial charge in [0.15, 0.2) is 0 Å². The van der Waals surface area contributed by atoms with Crippen LogP contribution in [0.2, 0.25) is 0 Å². The number of aliphatic carboxylic acids is 1. The number of hydrogen-bond acceptors (Lipinski definition) is 3. The third-order valence-electron chi connectivity index (χ3n) is 4.51. The standard InChI is InChI=1S/C14H24N2O3/c1-10-8-16(9-12(10)14(18)19)13(17)3-2-11-4-6-15-7-5-11/h10-12,15H,2-9H2,1H3,(H,18,19)/t10-,12-/m1/s1. The van der Waals surface area contributed by atoms with E-state index >= 15 is 0 Å². The molecule has 0 bridgehead atoms. The zero-order chi connectivity index (χ0) is 13.8. The second-order valence-electron chi connectivity index (χ2n) is 5.95. The van der Waals surface area contributed by atoms with Crippen LogP contribution < -0.4 is 5.32 Å². The molecule has 2 rings (SSSR count). The summed E-state index contributed by atoms with van der Waals surface area (Å²) < 4.78 is 0. The van der Waals surface area contributed by atoms with Crippen LogP contribution in [-0.2, 0) is 9.59 Å². The lowest BCUT2D eigenvalue weighted by molar-refractivity contribution is -0.142. The maximum atomic E-state index is 12.1. The molecule has 0 aromatic rings. The molecular weight excluding hydrogens is 244 g/mol. The first kappa shape index (κ1) is 14.3. The number of carbonyl (C=O) groups is 2. The van der Waals surface area contributed by atoms with Gasteiger partial charge in [-0.3, -0.25) is 9.59 Å². The molecule has 2 saturated heterocycles. The van der Waals surface area contributed by atoms with Gasteiger partial charge in [0.2, 0.25) is 5.91 Å². The summed E-state index contributed by atoms with van der Waals surface area (Å²) in [6.07, 6.45) is 3.83. The summed E-state index contributed by atoms with van der Waals surface area (Å²) in [5, 5.41) is 12.4. The van der Waals surface area contributed by atoms with E-state index in [0.717, 1.165) is 32.4 Å². The smallest absolute Gasteiger partial charge is 0.308 e. The average Bonchev–Trinajstić information content (AvgIpc) is 2.79. The predicted octanol–water partition coefficient (Wildman–Crippen LogP) is 0.945. The summed E-state index contributed by atoms with van der Waals surface area (Å²) in [5.41, 5.74) is 0. The van der Waals surface area contributed by atoms with E-state index in [1.54, 1.807) is 4.90 Å². The maximum Gasteiger partial charge on any atom is 0.308 e. The number of amides is 1. The normalized spacial score (nSPS) is 28.6. The van der Waals surface area contributed by atoms with E-state index in [1.165, 1.54) is 0 Å². The van der Waals surface area contributed by atoms with Crippen molar-refractivity contribution in [3.8, 4) is 0 Å². The highest BCUT2D eigenvalue weighted by molar-refractivity contribution is 5.79. The first-order valence-electron chi connectivity index (χ1n) is 7.29. The molecule has 1 amide bonds. The molecule has 0 spiro atoms. The summed E-state index contributed by atoms with van der Waals surface area (Å²) in [6.45, 7) is 5.02. The molecule has 19 heavy (non-hydrogen) atoms. The Morgan fingerprint density at radius 3 is 2.53 bits per heavy atom. The molecule has 2 N–H and O–H groups in total. The van der Waals surface area contributed by atoms with Crippen LogP contribution in [0.5, 0.6) is 0 Å². The summed E-state index contributed by atoms with van der Waals surface area (Å²) >= 11 is 0. The Morgan fingerprint density at radius 1 is 1.26 bits per heavy atom. The Kier molecular flexibility index (Phi) is 4.80. The molecule has 0 aromatic heterocycles. The molecule has 0 unspecified atom stereocenters. The molecule has 108 valence electrons. The van der Waals surface area contributed by atoms with Gasteiger partial charge in [-0.05, 0) is 44.2 Å². The fraction of sp³-hybridized carbons (Fsp3) is 0.857. The van der Waals surface area contributed by atoms with Crippen LogP contribution in [-0.4, -0.2) is 48.1 Å². The van der Waals surface area contributed by atoms with Crippen molar-refractivity contribution in [3.63, 3.8) is 0 Å². The number of carbonyl (C=O) groups excluding carboxylic acids is 1. The minimum Gasteiger partial charge on any atom is -0.481 e. The Labute approximate surface area is 114 Å². The summed E-state index contributed by atoms with van der Waals surface area (Å²) in [5.74, 6) is -0.307. The minimum absolute atomic E-state index is 0.0698. The van der Waals surface area contributed by atoms with Gasteiger partial charge in [0.1, 0.15) is 0 Å². The zero-order valence-corrected chi connectivity index (χ0v) is 11.6. The van der Waals surface area contributed by atoms with E-state index in [1.807, 2.05) is 6.92 Å². The van der Waals surface area contributed by atoms with Crippen LogP contribution >= 0.6 is 0 Å². The van der Waals surface area contributed by atoms with E-state index in [-0.39, 0.29) is 17.7 Å². The molecule has 0 aromatic carbocycles. The van der Waals surface area contributed by atoms with Crippen LogP contribution in [0.25, 0.3) is 0 Å². The van der Waals surface area contributed by atoms with Gasteiger partial charge in [0, 0.05) is 19.5 Å². The van der Waals surface area contributed by atoms with Gasteiger partial charge in [0.25, 0.3) is 0 Å². The van der Waals surface area contributed by atoms with Crippen molar-refractivity contribution in [2.45, 2.75) is 32.6 Å². The first-order valence-corrected chi connectivity index (χ1v) is 7.29. The highest BCUT2D eigenvalue weighted by Gasteiger charge is 2.36. The highest BCUT2D eigenvalue weighted by atomic mass is 16.4. The van der Waals surface area contributed by atoms with Crippen LogP contribution in [0.4, 0.5) is 0 Å². The van der Waals surface area contributed by atoms with Gasteiger partial charge in [-0.25, -0.2) is 0 Å². The van der Waals surface area contributed by atoms with Gasteiger partial charge in [-0.2, -0.15) is 0 Å². The van der Waals surface area contributed by atoms with E-state index in [4.69, 9.17) is 5.11 Å². The Bertz CT molecular complexity index is 340. The minimum atomic E-state index is -0.777. The molecule has 0 aliphatic carbocycles. The molecule has 2 atom stereocenters. The molecule has 0 radical (unpaired) electrons. The summed E-state index contributed by atoms with van der Waals surface area (Å²) in [6, 6.07) is 0. The quantitative estimate of drug-likeness (QED) is 0.796. The Morgan fingerprint density at radius 2 is 1.95 bits per heavy atom. The number of rotatable bonds is 4. The van der Waals surface area contributed by atoms with Crippen LogP contribution in [0, 0.1) is 17.8 Å². The predicted molar refractivity (Wildman–Crippen MR) is 71.7 cm³/mol. The fourth-order valence-electron chi connectivity index (χ4n) is 3.15. The second kappa shape index (κ2) is 6.37. The monoisotopic (exact) mass is 268 g/mol. The van der Waals surface area contributed by atoms with Crippen molar-refractivity contribution >= 4 is 11.9 Å². The molecule has 0 saturated carbocycles. The van der Waals surface area contributed by atoms with Crippen molar-refractivity contribution in [2.24, 2.45) is 17.8 Å². The third kappa shape index (κ3) is 3.69.